The minimum Gasteiger partial charge on any atom is -0.497 e. The molecule has 0 spiro atoms. The Morgan fingerprint density at radius 1 is 1.13 bits per heavy atom. The Morgan fingerprint density at radius 2 is 1.82 bits per heavy atom. The van der Waals surface area contributed by atoms with Crippen LogP contribution in [0.15, 0.2) is 52.3 Å². The molecule has 0 bridgehead atoms. The highest BCUT2D eigenvalue weighted by Crippen LogP contribution is 2.33. The molecule has 1 N–H and O–H groups in total. The first-order chi connectivity index (χ1) is 18.1. The maximum absolute atomic E-state index is 13.0. The van der Waals surface area contributed by atoms with Crippen LogP contribution in [0.4, 0.5) is 4.79 Å². The third-order valence-electron chi connectivity index (χ3n) is 6.28. The molecule has 0 radical (unpaired) electrons. The second-order valence-corrected chi connectivity index (χ2v) is 12.3. The number of nitrogens with zero attached hydrogens (tertiary/aromatic N) is 2. The summed E-state index contributed by atoms with van der Waals surface area (Å²) >= 11 is 12.9. The Hall–Kier alpha value is -2.57. The van der Waals surface area contributed by atoms with Gasteiger partial charge in [0.05, 0.1) is 22.1 Å². The summed E-state index contributed by atoms with van der Waals surface area (Å²) in [6.45, 7) is 0.450. The average molecular weight is 599 g/mol. The fourth-order valence-electron chi connectivity index (χ4n) is 4.16. The highest BCUT2D eigenvalue weighted by atomic mass is 35.5. The number of sulfonamides is 1. The summed E-state index contributed by atoms with van der Waals surface area (Å²) in [4.78, 5) is 39.1. The van der Waals surface area contributed by atoms with E-state index in [-0.39, 0.29) is 52.9 Å². The topological polar surface area (TPSA) is 113 Å². The van der Waals surface area contributed by atoms with Crippen LogP contribution in [0.1, 0.15) is 18.4 Å². The van der Waals surface area contributed by atoms with E-state index < -0.39 is 21.2 Å². The van der Waals surface area contributed by atoms with Crippen molar-refractivity contribution in [2.75, 3.05) is 33.3 Å². The zero-order valence-corrected chi connectivity index (χ0v) is 23.5. The van der Waals surface area contributed by atoms with Gasteiger partial charge in [0.15, 0.2) is 0 Å². The molecule has 0 aliphatic carbocycles. The first kappa shape index (κ1) is 28.4. The van der Waals surface area contributed by atoms with Crippen molar-refractivity contribution in [1.82, 2.24) is 14.5 Å². The maximum Gasteiger partial charge on any atom is 0.293 e. The Kier molecular flexibility index (Phi) is 9.04. The lowest BCUT2D eigenvalue weighted by molar-refractivity contribution is -0.127. The number of hydrogen-bond acceptors (Lipinski definition) is 7. The fraction of sp³-hybridized carbons (Fsp3) is 0.320. The van der Waals surface area contributed by atoms with Gasteiger partial charge in [-0.1, -0.05) is 41.4 Å². The molecule has 4 rings (SSSR count). The zero-order chi connectivity index (χ0) is 27.4. The number of carbonyl (C=O) groups excluding carboxylic acids is 3. The number of methoxy groups -OCH3 is 1. The summed E-state index contributed by atoms with van der Waals surface area (Å²) in [7, 11) is -2.29. The highest BCUT2D eigenvalue weighted by Gasteiger charge is 2.36. The number of amides is 3. The second kappa shape index (κ2) is 12.1. The molecule has 2 fully saturated rings. The van der Waals surface area contributed by atoms with Gasteiger partial charge in [-0.05, 0) is 60.5 Å². The molecule has 2 aliphatic heterocycles. The molecular formula is C25H25Cl2N3O6S2. The zero-order valence-electron chi connectivity index (χ0n) is 20.4. The number of hydrogen-bond donors (Lipinski definition) is 1. The monoisotopic (exact) mass is 597 g/mol. The van der Waals surface area contributed by atoms with Crippen molar-refractivity contribution in [3.05, 3.63) is 63.0 Å². The smallest absolute Gasteiger partial charge is 0.293 e. The van der Waals surface area contributed by atoms with Gasteiger partial charge in [0.1, 0.15) is 10.6 Å². The molecule has 0 atom stereocenters. The molecule has 202 valence electrons. The minimum absolute atomic E-state index is 0.0276. The van der Waals surface area contributed by atoms with Crippen molar-refractivity contribution in [2.45, 2.75) is 17.7 Å². The van der Waals surface area contributed by atoms with Crippen LogP contribution in [-0.2, 0) is 19.6 Å². The molecule has 38 heavy (non-hydrogen) atoms. The van der Waals surface area contributed by atoms with Crippen LogP contribution >= 0.6 is 35.0 Å². The van der Waals surface area contributed by atoms with Crippen molar-refractivity contribution < 1.29 is 27.5 Å². The van der Waals surface area contributed by atoms with E-state index in [1.807, 2.05) is 0 Å². The van der Waals surface area contributed by atoms with Crippen LogP contribution < -0.4 is 10.1 Å². The summed E-state index contributed by atoms with van der Waals surface area (Å²) in [6.07, 6.45) is 2.30. The van der Waals surface area contributed by atoms with Gasteiger partial charge in [-0.3, -0.25) is 19.3 Å². The van der Waals surface area contributed by atoms with Crippen LogP contribution in [-0.4, -0.2) is 68.0 Å². The molecule has 3 amide bonds. The van der Waals surface area contributed by atoms with E-state index in [1.165, 1.54) is 22.5 Å². The molecule has 2 aromatic rings. The number of thioether (sulfide) groups is 1. The van der Waals surface area contributed by atoms with Crippen molar-refractivity contribution in [3.8, 4) is 5.75 Å². The van der Waals surface area contributed by atoms with Gasteiger partial charge in [-0.25, -0.2) is 8.42 Å². The number of ether oxygens (including phenoxy) is 1. The average Bonchev–Trinajstić information content (AvgIpc) is 3.17. The van der Waals surface area contributed by atoms with Crippen LogP contribution in [0.5, 0.6) is 5.75 Å². The lowest BCUT2D eigenvalue weighted by Gasteiger charge is -2.31. The SMILES string of the molecule is COc1ccc(C=C2SC(=O)N(CCNC(=O)C3CCN(S(=O)(=O)c4cccc(Cl)c4Cl)CC3)C2=O)cc1. The summed E-state index contributed by atoms with van der Waals surface area (Å²) in [6, 6.07) is 11.5. The third-order valence-corrected chi connectivity index (χ3v) is 10.1. The van der Waals surface area contributed by atoms with Crippen LogP contribution in [0.25, 0.3) is 6.08 Å². The fourth-order valence-corrected chi connectivity index (χ4v) is 7.23. The summed E-state index contributed by atoms with van der Waals surface area (Å²) in [5.74, 6) is -0.364. The van der Waals surface area contributed by atoms with Crippen LogP contribution in [0.3, 0.4) is 0 Å². The molecule has 2 saturated heterocycles. The van der Waals surface area contributed by atoms with E-state index in [2.05, 4.69) is 5.32 Å². The Balaban J connectivity index is 1.27. The number of carbonyl (C=O) groups is 3. The number of piperidine rings is 1. The molecule has 2 aliphatic rings. The Labute approximate surface area is 235 Å². The van der Waals surface area contributed by atoms with Crippen molar-refractivity contribution >= 4 is 68.1 Å². The Bertz CT molecular complexity index is 1370. The molecule has 0 saturated carbocycles. The molecule has 0 aromatic heterocycles. The van der Waals surface area contributed by atoms with Crippen molar-refractivity contribution in [1.29, 1.82) is 0 Å². The molecule has 2 aromatic carbocycles. The lowest BCUT2D eigenvalue weighted by atomic mass is 9.97. The molecule has 0 unspecified atom stereocenters. The molecule has 13 heteroatoms. The van der Waals surface area contributed by atoms with E-state index in [0.29, 0.717) is 23.5 Å². The third kappa shape index (κ3) is 6.18. The first-order valence-electron chi connectivity index (χ1n) is 11.7. The van der Waals surface area contributed by atoms with E-state index >= 15 is 0 Å². The normalized spacial score (nSPS) is 18.3. The number of rotatable bonds is 8. The van der Waals surface area contributed by atoms with Gasteiger partial charge in [-0.2, -0.15) is 4.31 Å². The standard InChI is InChI=1S/C25H25Cl2N3O6S2/c1-36-18-7-5-16(6-8-18)15-20-24(32)30(25(33)37-20)14-11-28-23(31)17-9-12-29(13-10-17)38(34,35)21-4-2-3-19(26)22(21)27/h2-8,15,17H,9-14H2,1H3,(H,28,31). The van der Waals surface area contributed by atoms with Crippen LogP contribution in [0, 0.1) is 5.92 Å². The van der Waals surface area contributed by atoms with Gasteiger partial charge >= 0.3 is 0 Å². The van der Waals surface area contributed by atoms with Gasteiger partial charge in [-0.15, -0.1) is 0 Å². The maximum atomic E-state index is 13.0. The van der Waals surface area contributed by atoms with Gasteiger partial charge in [0.2, 0.25) is 15.9 Å². The van der Waals surface area contributed by atoms with E-state index in [4.69, 9.17) is 27.9 Å². The molecule has 9 nitrogen and oxygen atoms in total. The quantitative estimate of drug-likeness (QED) is 0.452. The van der Waals surface area contributed by atoms with Gasteiger partial charge < -0.3 is 10.1 Å². The molecule has 2 heterocycles. The van der Waals surface area contributed by atoms with E-state index in [9.17, 15) is 22.8 Å². The highest BCUT2D eigenvalue weighted by molar-refractivity contribution is 8.18. The van der Waals surface area contributed by atoms with Crippen LogP contribution in [0.2, 0.25) is 10.0 Å². The van der Waals surface area contributed by atoms with E-state index in [1.54, 1.807) is 37.5 Å². The molecular weight excluding hydrogens is 573 g/mol. The summed E-state index contributed by atoms with van der Waals surface area (Å²) < 4.78 is 32.4. The first-order valence-corrected chi connectivity index (χ1v) is 14.7. The largest absolute Gasteiger partial charge is 0.497 e. The minimum atomic E-state index is -3.85. The number of imide groups is 1. The number of nitrogens with one attached hydrogen (secondary N) is 1. The number of halogens is 2. The lowest BCUT2D eigenvalue weighted by Crippen LogP contribution is -2.44. The predicted octanol–water partition coefficient (Wildman–Crippen LogP) is 4.26. The van der Waals surface area contributed by atoms with Gasteiger partial charge in [0, 0.05) is 32.1 Å². The predicted molar refractivity (Wildman–Crippen MR) is 147 cm³/mol. The second-order valence-electron chi connectivity index (χ2n) is 8.63. The van der Waals surface area contributed by atoms with Crippen molar-refractivity contribution in [2.24, 2.45) is 5.92 Å². The Morgan fingerprint density at radius 3 is 2.47 bits per heavy atom. The van der Waals surface area contributed by atoms with Gasteiger partial charge in [0.25, 0.3) is 11.1 Å². The summed E-state index contributed by atoms with van der Waals surface area (Å²) in [5, 5.41) is 2.49. The number of benzene rings is 2. The summed E-state index contributed by atoms with van der Waals surface area (Å²) in [5.41, 5.74) is 0.760. The van der Waals surface area contributed by atoms with E-state index in [0.717, 1.165) is 22.2 Å². The van der Waals surface area contributed by atoms with Crippen molar-refractivity contribution in [3.63, 3.8) is 0 Å².